The van der Waals surface area contributed by atoms with E-state index in [4.69, 9.17) is 16.7 Å². The first-order valence-electron chi connectivity index (χ1n) is 7.80. The molecule has 0 atom stereocenters. The summed E-state index contributed by atoms with van der Waals surface area (Å²) < 4.78 is 0. The molecule has 2 amide bonds. The van der Waals surface area contributed by atoms with Gasteiger partial charge in [-0.3, -0.25) is 14.4 Å². The summed E-state index contributed by atoms with van der Waals surface area (Å²) in [6.07, 6.45) is 1.29. The highest BCUT2D eigenvalue weighted by molar-refractivity contribution is 6.34. The number of carbonyl (C=O) groups excluding carboxylic acids is 2. The number of carbonyl (C=O) groups is 3. The van der Waals surface area contributed by atoms with Crippen molar-refractivity contribution >= 4 is 35.5 Å². The van der Waals surface area contributed by atoms with Crippen LogP contribution in [0.25, 0.3) is 6.08 Å². The van der Waals surface area contributed by atoms with E-state index in [0.717, 1.165) is 0 Å². The predicted octanol–water partition coefficient (Wildman–Crippen LogP) is 2.70. The minimum Gasteiger partial charge on any atom is -0.481 e. The molecule has 0 saturated carbocycles. The van der Waals surface area contributed by atoms with E-state index in [9.17, 15) is 14.4 Å². The predicted molar refractivity (Wildman–Crippen MR) is 98.6 cm³/mol. The Kier molecular flexibility index (Phi) is 6.93. The van der Waals surface area contributed by atoms with Gasteiger partial charge in [0.1, 0.15) is 5.70 Å². The first-order valence-corrected chi connectivity index (χ1v) is 8.18. The standard InChI is InChI=1S/C19H17ClN2O4/c20-15-9-5-4-8-14(15)18(25)22-16(12-13-6-2-1-3-7-13)19(26)21-11-10-17(23)24/h1-9,12H,10-11H2,(H,21,26)(H,22,25)(H,23,24)/b16-12-. The van der Waals surface area contributed by atoms with E-state index in [1.54, 1.807) is 48.5 Å². The quantitative estimate of drug-likeness (QED) is 0.651. The van der Waals surface area contributed by atoms with Gasteiger partial charge in [-0.1, -0.05) is 54.1 Å². The molecule has 2 rings (SSSR count). The van der Waals surface area contributed by atoms with Crippen molar-refractivity contribution in [2.45, 2.75) is 6.42 Å². The van der Waals surface area contributed by atoms with Gasteiger partial charge in [0, 0.05) is 6.54 Å². The van der Waals surface area contributed by atoms with Gasteiger partial charge in [0.05, 0.1) is 17.0 Å². The fraction of sp³-hybridized carbons (Fsp3) is 0.105. The van der Waals surface area contributed by atoms with Gasteiger partial charge in [-0.15, -0.1) is 0 Å². The van der Waals surface area contributed by atoms with Gasteiger partial charge in [-0.2, -0.15) is 0 Å². The lowest BCUT2D eigenvalue weighted by atomic mass is 10.1. The number of amides is 2. The molecule has 0 aliphatic rings. The Hall–Kier alpha value is -3.12. The van der Waals surface area contributed by atoms with Crippen LogP contribution in [-0.2, 0) is 9.59 Å². The number of aliphatic carboxylic acids is 1. The molecule has 0 unspecified atom stereocenters. The number of carboxylic acids is 1. The zero-order chi connectivity index (χ0) is 18.9. The van der Waals surface area contributed by atoms with Crippen molar-refractivity contribution in [3.8, 4) is 0 Å². The van der Waals surface area contributed by atoms with Crippen molar-refractivity contribution in [3.05, 3.63) is 76.4 Å². The first-order chi connectivity index (χ1) is 12.5. The summed E-state index contributed by atoms with van der Waals surface area (Å²) in [5, 5.41) is 13.9. The lowest BCUT2D eigenvalue weighted by Crippen LogP contribution is -2.35. The molecule has 3 N–H and O–H groups in total. The molecule has 26 heavy (non-hydrogen) atoms. The highest BCUT2D eigenvalue weighted by Gasteiger charge is 2.16. The van der Waals surface area contributed by atoms with Gasteiger partial charge in [-0.25, -0.2) is 0 Å². The average molecular weight is 373 g/mol. The molecule has 0 saturated heterocycles. The van der Waals surface area contributed by atoms with Gasteiger partial charge in [0.15, 0.2) is 0 Å². The summed E-state index contributed by atoms with van der Waals surface area (Å²) in [6.45, 7) is -0.0533. The first kappa shape index (κ1) is 19.2. The van der Waals surface area contributed by atoms with Crippen LogP contribution in [0.15, 0.2) is 60.3 Å². The van der Waals surface area contributed by atoms with Crippen molar-refractivity contribution in [1.82, 2.24) is 10.6 Å². The molecule has 0 aliphatic carbocycles. The summed E-state index contributed by atoms with van der Waals surface area (Å²) >= 11 is 6.01. The molecular formula is C19H17ClN2O4. The molecular weight excluding hydrogens is 356 g/mol. The van der Waals surface area contributed by atoms with Crippen molar-refractivity contribution in [3.63, 3.8) is 0 Å². The molecule has 0 aliphatic heterocycles. The van der Waals surface area contributed by atoms with Crippen molar-refractivity contribution < 1.29 is 19.5 Å². The molecule has 7 heteroatoms. The number of benzene rings is 2. The minimum atomic E-state index is -1.03. The highest BCUT2D eigenvalue weighted by Crippen LogP contribution is 2.15. The summed E-state index contributed by atoms with van der Waals surface area (Å²) in [7, 11) is 0. The second kappa shape index (κ2) is 9.39. The number of hydrogen-bond donors (Lipinski definition) is 3. The molecule has 0 aromatic heterocycles. The maximum atomic E-state index is 12.4. The normalized spacial score (nSPS) is 10.9. The van der Waals surface area contributed by atoms with Gasteiger partial charge < -0.3 is 15.7 Å². The molecule has 2 aromatic carbocycles. The molecule has 0 bridgehead atoms. The third-order valence-corrected chi connectivity index (χ3v) is 3.68. The van der Waals surface area contributed by atoms with Crippen molar-refractivity contribution in [2.75, 3.05) is 6.54 Å². The Morgan fingerprint density at radius 2 is 1.65 bits per heavy atom. The van der Waals surface area contributed by atoms with E-state index in [0.29, 0.717) is 5.56 Å². The lowest BCUT2D eigenvalue weighted by Gasteiger charge is -2.11. The molecule has 2 aromatic rings. The van der Waals surface area contributed by atoms with Gasteiger partial charge >= 0.3 is 5.97 Å². The van der Waals surface area contributed by atoms with Gasteiger partial charge in [0.2, 0.25) is 0 Å². The van der Waals surface area contributed by atoms with Crippen LogP contribution in [0.3, 0.4) is 0 Å². The van der Waals surface area contributed by atoms with Crippen molar-refractivity contribution in [2.24, 2.45) is 0 Å². The van der Waals surface area contributed by atoms with E-state index < -0.39 is 17.8 Å². The van der Waals surface area contributed by atoms with Crippen LogP contribution in [0, 0.1) is 0 Å². The summed E-state index contributed by atoms with van der Waals surface area (Å²) in [5.74, 6) is -2.15. The molecule has 0 heterocycles. The smallest absolute Gasteiger partial charge is 0.305 e. The number of rotatable bonds is 7. The topological polar surface area (TPSA) is 95.5 Å². The van der Waals surface area contributed by atoms with E-state index in [-0.39, 0.29) is 29.2 Å². The molecule has 0 fully saturated rings. The Bertz CT molecular complexity index is 834. The Morgan fingerprint density at radius 3 is 2.31 bits per heavy atom. The monoisotopic (exact) mass is 372 g/mol. The number of hydrogen-bond acceptors (Lipinski definition) is 3. The third-order valence-electron chi connectivity index (χ3n) is 3.35. The Balaban J connectivity index is 2.21. The summed E-state index contributed by atoms with van der Waals surface area (Å²) in [5.41, 5.74) is 0.924. The molecule has 134 valence electrons. The average Bonchev–Trinajstić information content (AvgIpc) is 2.62. The number of nitrogens with one attached hydrogen (secondary N) is 2. The van der Waals surface area contributed by atoms with Crippen LogP contribution in [0.1, 0.15) is 22.3 Å². The second-order valence-electron chi connectivity index (χ2n) is 5.30. The summed E-state index contributed by atoms with van der Waals surface area (Å²) in [4.78, 5) is 35.4. The van der Waals surface area contributed by atoms with E-state index in [1.165, 1.54) is 6.08 Å². The largest absolute Gasteiger partial charge is 0.481 e. The fourth-order valence-corrected chi connectivity index (χ4v) is 2.31. The SMILES string of the molecule is O=C(O)CCNC(=O)/C(=C/c1ccccc1)NC(=O)c1ccccc1Cl. The van der Waals surface area contributed by atoms with Crippen molar-refractivity contribution in [1.29, 1.82) is 0 Å². The van der Waals surface area contributed by atoms with Crippen LogP contribution in [0.2, 0.25) is 5.02 Å². The highest BCUT2D eigenvalue weighted by atomic mass is 35.5. The fourth-order valence-electron chi connectivity index (χ4n) is 2.09. The van der Waals surface area contributed by atoms with Crippen LogP contribution in [0.5, 0.6) is 0 Å². The molecule has 0 spiro atoms. The van der Waals surface area contributed by atoms with Crippen LogP contribution < -0.4 is 10.6 Å². The summed E-state index contributed by atoms with van der Waals surface area (Å²) in [6, 6.07) is 15.4. The van der Waals surface area contributed by atoms with Gasteiger partial charge in [0.25, 0.3) is 11.8 Å². The Labute approximate surface area is 155 Å². The molecule has 0 radical (unpaired) electrons. The number of halogens is 1. The van der Waals surface area contributed by atoms with Crippen LogP contribution in [-0.4, -0.2) is 29.4 Å². The van der Waals surface area contributed by atoms with E-state index in [2.05, 4.69) is 10.6 Å². The minimum absolute atomic E-state index is 0.00786. The van der Waals surface area contributed by atoms with E-state index in [1.807, 2.05) is 6.07 Å². The Morgan fingerprint density at radius 1 is 1.00 bits per heavy atom. The van der Waals surface area contributed by atoms with Gasteiger partial charge in [-0.05, 0) is 23.8 Å². The molecule has 6 nitrogen and oxygen atoms in total. The van der Waals surface area contributed by atoms with Crippen LogP contribution in [0.4, 0.5) is 0 Å². The second-order valence-corrected chi connectivity index (χ2v) is 5.71. The number of carboxylic acid groups (broad SMARTS) is 1. The zero-order valence-corrected chi connectivity index (χ0v) is 14.5. The van der Waals surface area contributed by atoms with Crippen LogP contribution >= 0.6 is 11.6 Å². The maximum absolute atomic E-state index is 12.4. The third kappa shape index (κ3) is 5.75. The lowest BCUT2D eigenvalue weighted by molar-refractivity contribution is -0.136. The maximum Gasteiger partial charge on any atom is 0.305 e. The van der Waals surface area contributed by atoms with E-state index >= 15 is 0 Å². The zero-order valence-electron chi connectivity index (χ0n) is 13.7.